The van der Waals surface area contributed by atoms with E-state index in [2.05, 4.69) is 34.2 Å². The van der Waals surface area contributed by atoms with E-state index in [4.69, 9.17) is 4.74 Å². The smallest absolute Gasteiger partial charge is 0.267 e. The van der Waals surface area contributed by atoms with E-state index in [1.807, 2.05) is 12.3 Å². The Labute approximate surface area is 159 Å². The molecule has 3 heterocycles. The number of aromatic nitrogens is 4. The second-order valence-electron chi connectivity index (χ2n) is 7.81. The summed E-state index contributed by atoms with van der Waals surface area (Å²) in [4.78, 5) is 21.4. The number of anilines is 1. The topological polar surface area (TPSA) is 81.9 Å². The maximum Gasteiger partial charge on any atom is 0.267 e. The highest BCUT2D eigenvalue weighted by molar-refractivity contribution is 5.34. The lowest BCUT2D eigenvalue weighted by Gasteiger charge is -2.30. The highest BCUT2D eigenvalue weighted by Gasteiger charge is 2.25. The third-order valence-corrected chi connectivity index (χ3v) is 5.45. The van der Waals surface area contributed by atoms with Crippen molar-refractivity contribution in [1.29, 1.82) is 0 Å². The van der Waals surface area contributed by atoms with Gasteiger partial charge in [0.15, 0.2) is 0 Å². The van der Waals surface area contributed by atoms with Crippen molar-refractivity contribution >= 4 is 5.82 Å². The largest absolute Gasteiger partial charge is 0.376 e. The number of ether oxygens (including phenoxy) is 1. The van der Waals surface area contributed by atoms with Gasteiger partial charge in [0.05, 0.1) is 24.9 Å². The lowest BCUT2D eigenvalue weighted by atomic mass is 9.91. The van der Waals surface area contributed by atoms with Crippen LogP contribution in [-0.4, -0.2) is 32.4 Å². The summed E-state index contributed by atoms with van der Waals surface area (Å²) in [6.45, 7) is 5.39. The van der Waals surface area contributed by atoms with Crippen LogP contribution in [0.5, 0.6) is 0 Å². The molecule has 0 atom stereocenters. The quantitative estimate of drug-likeness (QED) is 0.892. The Morgan fingerprint density at radius 3 is 2.85 bits per heavy atom. The van der Waals surface area contributed by atoms with Crippen LogP contribution in [0.25, 0.3) is 0 Å². The molecule has 7 nitrogen and oxygen atoms in total. The van der Waals surface area contributed by atoms with E-state index < -0.39 is 0 Å². The lowest BCUT2D eigenvalue weighted by Crippen LogP contribution is -2.35. The van der Waals surface area contributed by atoms with Crippen LogP contribution in [0.3, 0.4) is 0 Å². The number of fused-ring (bicyclic) bond motifs is 1. The third kappa shape index (κ3) is 4.03. The molecule has 7 heteroatoms. The van der Waals surface area contributed by atoms with Crippen molar-refractivity contribution in [2.24, 2.45) is 0 Å². The fourth-order valence-electron chi connectivity index (χ4n) is 3.90. The average Bonchev–Trinajstić information content (AvgIpc) is 2.68. The zero-order valence-electron chi connectivity index (χ0n) is 16.0. The van der Waals surface area contributed by atoms with Gasteiger partial charge >= 0.3 is 0 Å². The third-order valence-electron chi connectivity index (χ3n) is 5.45. The summed E-state index contributed by atoms with van der Waals surface area (Å²) in [7, 11) is 0. The molecule has 1 fully saturated rings. The first-order valence-corrected chi connectivity index (χ1v) is 9.89. The molecule has 0 amide bonds. The van der Waals surface area contributed by atoms with E-state index in [0.717, 1.165) is 55.0 Å². The van der Waals surface area contributed by atoms with E-state index in [1.54, 1.807) is 10.7 Å². The van der Waals surface area contributed by atoms with Gasteiger partial charge in [-0.15, -0.1) is 0 Å². The van der Waals surface area contributed by atoms with Gasteiger partial charge in [-0.3, -0.25) is 4.79 Å². The maximum absolute atomic E-state index is 12.5. The number of rotatable bonds is 4. The summed E-state index contributed by atoms with van der Waals surface area (Å²) in [5, 5.41) is 8.20. The Balaban J connectivity index is 1.41. The van der Waals surface area contributed by atoms with Crippen LogP contribution in [0.15, 0.2) is 23.1 Å². The Kier molecular flexibility index (Phi) is 5.20. The van der Waals surface area contributed by atoms with Crippen molar-refractivity contribution in [3.05, 3.63) is 45.8 Å². The van der Waals surface area contributed by atoms with Gasteiger partial charge in [0.1, 0.15) is 11.6 Å². The van der Waals surface area contributed by atoms with Gasteiger partial charge in [0, 0.05) is 36.2 Å². The Bertz CT molecular complexity index is 856. The molecule has 2 aliphatic rings. The van der Waals surface area contributed by atoms with Crippen LogP contribution in [0.2, 0.25) is 0 Å². The minimum absolute atomic E-state index is 0.00645. The molecule has 2 aromatic rings. The Morgan fingerprint density at radius 2 is 2.07 bits per heavy atom. The highest BCUT2D eigenvalue weighted by Crippen LogP contribution is 2.29. The standard InChI is InChI=1S/C20H27N5O2/c1-13(2)20-21-9-7-18(23-20)22-15-3-5-16(6-4-15)25-19(26)11-14-12-27-10-8-17(14)24-25/h7,9,11,13,15-16H,3-6,8,10,12H2,1-2H3,(H,21,22,23). The molecule has 0 spiro atoms. The van der Waals surface area contributed by atoms with Crippen LogP contribution >= 0.6 is 0 Å². The molecule has 1 aliphatic carbocycles. The monoisotopic (exact) mass is 369 g/mol. The average molecular weight is 369 g/mol. The van der Waals surface area contributed by atoms with E-state index >= 15 is 0 Å². The summed E-state index contributed by atoms with van der Waals surface area (Å²) in [5.74, 6) is 2.07. The van der Waals surface area contributed by atoms with Crippen LogP contribution in [-0.2, 0) is 17.8 Å². The molecule has 4 rings (SSSR count). The van der Waals surface area contributed by atoms with Crippen molar-refractivity contribution < 1.29 is 4.74 Å². The molecule has 0 saturated heterocycles. The zero-order chi connectivity index (χ0) is 18.8. The van der Waals surface area contributed by atoms with Crippen molar-refractivity contribution in [1.82, 2.24) is 19.7 Å². The van der Waals surface area contributed by atoms with Crippen LogP contribution in [0.1, 0.15) is 68.6 Å². The SMILES string of the molecule is CC(C)c1nccc(NC2CCC(n3nc4c(cc3=O)COCC4)CC2)n1. The number of hydrogen-bond donors (Lipinski definition) is 1. The molecule has 1 aliphatic heterocycles. The molecular weight excluding hydrogens is 342 g/mol. The Hall–Kier alpha value is -2.28. The zero-order valence-corrected chi connectivity index (χ0v) is 16.0. The van der Waals surface area contributed by atoms with Gasteiger partial charge in [0.2, 0.25) is 0 Å². The molecule has 0 radical (unpaired) electrons. The molecule has 0 unspecified atom stereocenters. The summed E-state index contributed by atoms with van der Waals surface area (Å²) in [5.41, 5.74) is 1.96. The first-order valence-electron chi connectivity index (χ1n) is 9.89. The maximum atomic E-state index is 12.5. The van der Waals surface area contributed by atoms with E-state index in [9.17, 15) is 4.79 Å². The second-order valence-corrected chi connectivity index (χ2v) is 7.81. The molecule has 1 saturated carbocycles. The summed E-state index contributed by atoms with van der Waals surface area (Å²) < 4.78 is 7.13. The van der Waals surface area contributed by atoms with Crippen molar-refractivity contribution in [2.45, 2.75) is 70.6 Å². The van der Waals surface area contributed by atoms with Gasteiger partial charge in [-0.1, -0.05) is 13.8 Å². The fourth-order valence-corrected chi connectivity index (χ4v) is 3.90. The normalized spacial score (nSPS) is 22.5. The van der Waals surface area contributed by atoms with Crippen LogP contribution < -0.4 is 10.9 Å². The lowest BCUT2D eigenvalue weighted by molar-refractivity contribution is 0.107. The molecule has 0 aromatic carbocycles. The van der Waals surface area contributed by atoms with Gasteiger partial charge in [-0.2, -0.15) is 5.10 Å². The summed E-state index contributed by atoms with van der Waals surface area (Å²) in [6, 6.07) is 4.19. The minimum atomic E-state index is -0.00645. The summed E-state index contributed by atoms with van der Waals surface area (Å²) in [6.07, 6.45) is 6.50. The molecule has 1 N–H and O–H groups in total. The predicted octanol–water partition coefficient (Wildman–Crippen LogP) is 2.83. The summed E-state index contributed by atoms with van der Waals surface area (Å²) >= 11 is 0. The minimum Gasteiger partial charge on any atom is -0.376 e. The van der Waals surface area contributed by atoms with Gasteiger partial charge < -0.3 is 10.1 Å². The van der Waals surface area contributed by atoms with Crippen molar-refractivity contribution in [3.63, 3.8) is 0 Å². The molecule has 2 aromatic heterocycles. The second kappa shape index (κ2) is 7.76. The number of hydrogen-bond acceptors (Lipinski definition) is 6. The Morgan fingerprint density at radius 1 is 1.26 bits per heavy atom. The molecule has 0 bridgehead atoms. The van der Waals surface area contributed by atoms with E-state index in [1.165, 1.54) is 0 Å². The van der Waals surface area contributed by atoms with Crippen LogP contribution in [0, 0.1) is 0 Å². The van der Waals surface area contributed by atoms with Crippen molar-refractivity contribution in [2.75, 3.05) is 11.9 Å². The van der Waals surface area contributed by atoms with Gasteiger partial charge in [0.25, 0.3) is 5.56 Å². The number of nitrogens with zero attached hydrogens (tertiary/aromatic N) is 4. The first kappa shape index (κ1) is 18.1. The van der Waals surface area contributed by atoms with Gasteiger partial charge in [-0.25, -0.2) is 14.6 Å². The molecule has 144 valence electrons. The predicted molar refractivity (Wildman–Crippen MR) is 103 cm³/mol. The first-order chi connectivity index (χ1) is 13.1. The van der Waals surface area contributed by atoms with E-state index in [-0.39, 0.29) is 11.6 Å². The molecular formula is C20H27N5O2. The number of nitrogens with one attached hydrogen (secondary N) is 1. The highest BCUT2D eigenvalue weighted by atomic mass is 16.5. The molecule has 27 heavy (non-hydrogen) atoms. The van der Waals surface area contributed by atoms with Crippen LogP contribution in [0.4, 0.5) is 5.82 Å². The van der Waals surface area contributed by atoms with Crippen molar-refractivity contribution in [3.8, 4) is 0 Å². The van der Waals surface area contributed by atoms with Gasteiger partial charge in [-0.05, 0) is 31.7 Å². The fraction of sp³-hybridized carbons (Fsp3) is 0.600. The van der Waals surface area contributed by atoms with E-state index in [0.29, 0.717) is 25.2 Å².